The number of piperidine rings is 1. The summed E-state index contributed by atoms with van der Waals surface area (Å²) in [5, 5.41) is 13.2. The zero-order valence-corrected chi connectivity index (χ0v) is 25.6. The number of rotatable bonds is 7. The molecule has 1 saturated heterocycles. The third-order valence-corrected chi connectivity index (χ3v) is 9.71. The van der Waals surface area contributed by atoms with E-state index in [0.717, 1.165) is 42.9 Å². The minimum Gasteiger partial charge on any atom is -0.339 e. The number of carbonyl (C=O) groups excluding carboxylic acids is 1. The molecule has 1 atom stereocenters. The summed E-state index contributed by atoms with van der Waals surface area (Å²) < 4.78 is 31.1. The molecule has 42 heavy (non-hydrogen) atoms. The number of nitrogens with one attached hydrogen (secondary N) is 3. The van der Waals surface area contributed by atoms with Gasteiger partial charge in [-0.15, -0.1) is 0 Å². The van der Waals surface area contributed by atoms with Crippen molar-refractivity contribution in [3.8, 4) is 5.69 Å². The first-order chi connectivity index (χ1) is 19.9. The van der Waals surface area contributed by atoms with Gasteiger partial charge in [0.1, 0.15) is 5.82 Å². The van der Waals surface area contributed by atoms with Gasteiger partial charge in [-0.25, -0.2) is 22.9 Å². The number of urea groups is 1. The van der Waals surface area contributed by atoms with Crippen LogP contribution in [0.25, 0.3) is 5.69 Å². The summed E-state index contributed by atoms with van der Waals surface area (Å²) in [6.07, 6.45) is 4.50. The lowest BCUT2D eigenvalue weighted by Gasteiger charge is -2.30. The summed E-state index contributed by atoms with van der Waals surface area (Å²) in [7, 11) is -2.02. The van der Waals surface area contributed by atoms with E-state index in [9.17, 15) is 13.2 Å². The summed E-state index contributed by atoms with van der Waals surface area (Å²) in [6, 6.07) is 16.5. The topological polar surface area (TPSA) is 123 Å². The second-order valence-electron chi connectivity index (χ2n) is 12.0. The van der Waals surface area contributed by atoms with E-state index in [1.807, 2.05) is 43.3 Å². The van der Waals surface area contributed by atoms with Gasteiger partial charge in [0.05, 0.1) is 23.0 Å². The van der Waals surface area contributed by atoms with Crippen LogP contribution in [0.4, 0.5) is 16.3 Å². The lowest BCUT2D eigenvalue weighted by Crippen LogP contribution is -2.34. The Bertz CT molecular complexity index is 1660. The number of imidazole rings is 1. The van der Waals surface area contributed by atoms with Crippen molar-refractivity contribution < 1.29 is 13.2 Å². The number of aromatic nitrogens is 4. The van der Waals surface area contributed by atoms with E-state index in [2.05, 4.69) is 41.7 Å². The van der Waals surface area contributed by atoms with Gasteiger partial charge in [0.2, 0.25) is 9.84 Å². The van der Waals surface area contributed by atoms with Crippen molar-refractivity contribution in [2.24, 2.45) is 13.0 Å². The molecule has 5 rings (SSSR count). The molecular formula is C31H39N7O3S. The average molecular weight is 590 g/mol. The number of anilines is 2. The molecule has 2 amide bonds. The van der Waals surface area contributed by atoms with Gasteiger partial charge in [-0.3, -0.25) is 5.32 Å². The van der Waals surface area contributed by atoms with Gasteiger partial charge in [-0.05, 0) is 68.6 Å². The van der Waals surface area contributed by atoms with Crippen LogP contribution in [0.2, 0.25) is 0 Å². The molecule has 11 heteroatoms. The number of benzene rings is 2. The molecule has 3 heterocycles. The highest BCUT2D eigenvalue weighted by molar-refractivity contribution is 7.91. The fraction of sp³-hybridized carbons (Fsp3) is 0.387. The number of hydrogen-bond acceptors (Lipinski definition) is 6. The summed E-state index contributed by atoms with van der Waals surface area (Å²) in [5.74, 6) is 0.449. The minimum absolute atomic E-state index is 0.0589. The predicted molar refractivity (Wildman–Crippen MR) is 165 cm³/mol. The first-order valence-corrected chi connectivity index (χ1v) is 15.7. The van der Waals surface area contributed by atoms with Crippen molar-refractivity contribution in [1.29, 1.82) is 0 Å². The number of carbonyl (C=O) groups is 1. The van der Waals surface area contributed by atoms with Crippen molar-refractivity contribution in [2.75, 3.05) is 23.7 Å². The number of sulfone groups is 1. The predicted octanol–water partition coefficient (Wildman–Crippen LogP) is 5.37. The van der Waals surface area contributed by atoms with Crippen LogP contribution < -0.4 is 16.0 Å². The van der Waals surface area contributed by atoms with Crippen molar-refractivity contribution in [2.45, 2.75) is 56.2 Å². The number of aryl methyl sites for hydroxylation is 2. The molecule has 10 nitrogen and oxygen atoms in total. The van der Waals surface area contributed by atoms with Crippen LogP contribution in [0.5, 0.6) is 0 Å². The Morgan fingerprint density at radius 1 is 1.05 bits per heavy atom. The standard InChI is InChI=1S/C31H39N7O3S/c1-21-9-11-25(12-10-21)38-27(18-26(36-38)31(2,3)4)35-30(39)34-24-8-6-7-23(17-24)29(22-13-15-32-16-14-22)42(40,41)28-19-37(5)20-33-28/h6-12,17-20,22,29,32H,13-16H2,1-5H3,(H2,34,35,39). The molecule has 2 aromatic carbocycles. The molecule has 1 unspecified atom stereocenters. The summed E-state index contributed by atoms with van der Waals surface area (Å²) in [4.78, 5) is 17.5. The van der Waals surface area contributed by atoms with Crippen molar-refractivity contribution in [3.05, 3.63) is 83.9 Å². The van der Waals surface area contributed by atoms with Crippen LogP contribution >= 0.6 is 0 Å². The van der Waals surface area contributed by atoms with E-state index in [-0.39, 0.29) is 16.4 Å². The lowest BCUT2D eigenvalue weighted by atomic mass is 9.90. The zero-order chi connectivity index (χ0) is 30.1. The fourth-order valence-electron chi connectivity index (χ4n) is 5.31. The van der Waals surface area contributed by atoms with Crippen LogP contribution in [0, 0.1) is 12.8 Å². The maximum Gasteiger partial charge on any atom is 0.324 e. The second kappa shape index (κ2) is 11.7. The molecule has 0 aliphatic carbocycles. The van der Waals surface area contributed by atoms with E-state index in [1.165, 1.54) is 6.33 Å². The van der Waals surface area contributed by atoms with Gasteiger partial charge in [0, 0.05) is 30.4 Å². The van der Waals surface area contributed by atoms with Crippen LogP contribution in [0.1, 0.15) is 55.7 Å². The SMILES string of the molecule is Cc1ccc(-n2nc(C(C)(C)C)cc2NC(=O)Nc2cccc(C(C3CCNCC3)S(=O)(=O)c3cn(C)cn3)c2)cc1. The van der Waals surface area contributed by atoms with E-state index in [1.54, 1.807) is 40.7 Å². The highest BCUT2D eigenvalue weighted by Crippen LogP contribution is 2.39. The summed E-state index contributed by atoms with van der Waals surface area (Å²) in [5.41, 5.74) is 3.70. The second-order valence-corrected chi connectivity index (χ2v) is 14.1. The van der Waals surface area contributed by atoms with E-state index < -0.39 is 21.1 Å². The highest BCUT2D eigenvalue weighted by Gasteiger charge is 2.38. The van der Waals surface area contributed by atoms with E-state index in [0.29, 0.717) is 17.1 Å². The first kappa shape index (κ1) is 29.5. The Labute approximate surface area is 247 Å². The smallest absolute Gasteiger partial charge is 0.324 e. The molecule has 3 N–H and O–H groups in total. The molecule has 1 fully saturated rings. The Hall–Kier alpha value is -3.96. The molecule has 1 aliphatic heterocycles. The first-order valence-electron chi connectivity index (χ1n) is 14.2. The van der Waals surface area contributed by atoms with Crippen molar-refractivity contribution in [3.63, 3.8) is 0 Å². The minimum atomic E-state index is -3.78. The molecule has 0 spiro atoms. The monoisotopic (exact) mass is 589 g/mol. The largest absolute Gasteiger partial charge is 0.339 e. The van der Waals surface area contributed by atoms with E-state index >= 15 is 0 Å². The highest BCUT2D eigenvalue weighted by atomic mass is 32.2. The van der Waals surface area contributed by atoms with Gasteiger partial charge in [-0.1, -0.05) is 50.6 Å². The Morgan fingerprint density at radius 3 is 2.40 bits per heavy atom. The third kappa shape index (κ3) is 6.42. The van der Waals surface area contributed by atoms with Crippen LogP contribution in [-0.2, 0) is 22.3 Å². The molecule has 0 radical (unpaired) electrons. The number of nitrogens with zero attached hydrogens (tertiary/aromatic N) is 4. The van der Waals surface area contributed by atoms with Crippen LogP contribution in [-0.4, -0.2) is 46.9 Å². The fourth-order valence-corrected chi connectivity index (χ4v) is 7.36. The molecule has 0 bridgehead atoms. The maximum atomic E-state index is 13.9. The Balaban J connectivity index is 1.42. The molecule has 0 saturated carbocycles. The quantitative estimate of drug-likeness (QED) is 0.266. The molecule has 2 aromatic heterocycles. The van der Waals surface area contributed by atoms with Crippen molar-refractivity contribution >= 4 is 27.4 Å². The van der Waals surface area contributed by atoms with Crippen LogP contribution in [0.15, 0.2) is 72.1 Å². The average Bonchev–Trinajstić information content (AvgIpc) is 3.57. The van der Waals surface area contributed by atoms with Gasteiger partial charge >= 0.3 is 6.03 Å². The Kier molecular flexibility index (Phi) is 8.25. The summed E-state index contributed by atoms with van der Waals surface area (Å²) in [6.45, 7) is 9.74. The number of hydrogen-bond donors (Lipinski definition) is 3. The molecule has 1 aliphatic rings. The molecule has 222 valence electrons. The molecule has 4 aromatic rings. The van der Waals surface area contributed by atoms with Gasteiger partial charge in [-0.2, -0.15) is 5.10 Å². The molecular weight excluding hydrogens is 550 g/mol. The maximum absolute atomic E-state index is 13.9. The van der Waals surface area contributed by atoms with E-state index in [4.69, 9.17) is 5.10 Å². The van der Waals surface area contributed by atoms with Gasteiger partial charge in [0.15, 0.2) is 5.03 Å². The Morgan fingerprint density at radius 2 is 1.76 bits per heavy atom. The summed E-state index contributed by atoms with van der Waals surface area (Å²) >= 11 is 0. The lowest BCUT2D eigenvalue weighted by molar-refractivity contribution is 0.262. The normalized spacial score (nSPS) is 15.4. The zero-order valence-electron chi connectivity index (χ0n) is 24.8. The van der Waals surface area contributed by atoms with Gasteiger partial charge < -0.3 is 15.2 Å². The van der Waals surface area contributed by atoms with Crippen LogP contribution in [0.3, 0.4) is 0 Å². The third-order valence-electron chi connectivity index (χ3n) is 7.59. The number of amides is 2. The van der Waals surface area contributed by atoms with Gasteiger partial charge in [0.25, 0.3) is 0 Å². The van der Waals surface area contributed by atoms with Crippen molar-refractivity contribution in [1.82, 2.24) is 24.6 Å².